The molecular formula is C14H28N2O2. The van der Waals surface area contributed by atoms with Crippen molar-refractivity contribution in [2.75, 3.05) is 20.2 Å². The smallest absolute Gasteiger partial charge is 0.326 e. The molecule has 0 aromatic carbocycles. The number of hydrogen-bond acceptors (Lipinski definition) is 4. The minimum absolute atomic E-state index is 0.105. The zero-order valence-electron chi connectivity index (χ0n) is 12.5. The van der Waals surface area contributed by atoms with E-state index in [0.717, 1.165) is 32.4 Å². The second-order valence-corrected chi connectivity index (χ2v) is 5.66. The molecule has 4 heteroatoms. The van der Waals surface area contributed by atoms with Gasteiger partial charge in [-0.15, -0.1) is 0 Å². The molecule has 106 valence electrons. The van der Waals surface area contributed by atoms with Gasteiger partial charge in [0.25, 0.3) is 0 Å². The van der Waals surface area contributed by atoms with E-state index >= 15 is 0 Å². The first-order valence-corrected chi connectivity index (χ1v) is 7.05. The Morgan fingerprint density at radius 3 is 2.28 bits per heavy atom. The fraction of sp³-hybridized carbons (Fsp3) is 0.929. The van der Waals surface area contributed by atoms with Crippen molar-refractivity contribution in [1.29, 1.82) is 0 Å². The standard InChI is InChI=1S/C14H28N2O2/c1-6-12(4)15-14(13(17)18-5)7-9-16(10-8-14)11(2)3/h11-12,15H,6-10H2,1-5H3. The number of methoxy groups -OCH3 is 1. The molecule has 1 aliphatic rings. The molecule has 1 aliphatic heterocycles. The molecule has 0 saturated carbocycles. The highest BCUT2D eigenvalue weighted by atomic mass is 16.5. The fourth-order valence-electron chi connectivity index (χ4n) is 2.60. The number of esters is 1. The Balaban J connectivity index is 2.73. The van der Waals surface area contributed by atoms with Gasteiger partial charge in [-0.3, -0.25) is 10.1 Å². The molecular weight excluding hydrogens is 228 g/mol. The van der Waals surface area contributed by atoms with Crippen LogP contribution in [0.4, 0.5) is 0 Å². The summed E-state index contributed by atoms with van der Waals surface area (Å²) in [5.41, 5.74) is -0.477. The second-order valence-electron chi connectivity index (χ2n) is 5.66. The van der Waals surface area contributed by atoms with Crippen LogP contribution in [-0.2, 0) is 9.53 Å². The van der Waals surface area contributed by atoms with Crippen LogP contribution in [0.5, 0.6) is 0 Å². The summed E-state index contributed by atoms with van der Waals surface area (Å²) in [6.07, 6.45) is 2.69. The normalized spacial score (nSPS) is 21.9. The lowest BCUT2D eigenvalue weighted by molar-refractivity contribution is -0.151. The molecule has 1 heterocycles. The Hall–Kier alpha value is -0.610. The largest absolute Gasteiger partial charge is 0.468 e. The third kappa shape index (κ3) is 3.45. The van der Waals surface area contributed by atoms with Gasteiger partial charge in [-0.05, 0) is 40.0 Å². The SMILES string of the molecule is CCC(C)NC1(C(=O)OC)CCN(C(C)C)CC1. The highest BCUT2D eigenvalue weighted by molar-refractivity contribution is 5.81. The predicted octanol–water partition coefficient (Wildman–Crippen LogP) is 1.79. The van der Waals surface area contributed by atoms with Crippen LogP contribution in [0.2, 0.25) is 0 Å². The lowest BCUT2D eigenvalue weighted by Gasteiger charge is -2.43. The summed E-state index contributed by atoms with van der Waals surface area (Å²) in [5, 5.41) is 3.49. The Bertz CT molecular complexity index is 271. The van der Waals surface area contributed by atoms with E-state index in [-0.39, 0.29) is 5.97 Å². The van der Waals surface area contributed by atoms with Gasteiger partial charge >= 0.3 is 5.97 Å². The Kier molecular flexibility index (Phi) is 5.60. The van der Waals surface area contributed by atoms with Crippen LogP contribution >= 0.6 is 0 Å². The summed E-state index contributed by atoms with van der Waals surface area (Å²) >= 11 is 0. The molecule has 0 aromatic rings. The minimum Gasteiger partial charge on any atom is -0.468 e. The number of carbonyl (C=O) groups excluding carboxylic acids is 1. The van der Waals surface area contributed by atoms with Crippen LogP contribution in [0.25, 0.3) is 0 Å². The molecule has 18 heavy (non-hydrogen) atoms. The number of hydrogen-bond donors (Lipinski definition) is 1. The molecule has 1 atom stereocenters. The minimum atomic E-state index is -0.477. The first-order valence-electron chi connectivity index (χ1n) is 7.05. The lowest BCUT2D eigenvalue weighted by atomic mass is 9.86. The zero-order valence-corrected chi connectivity index (χ0v) is 12.5. The van der Waals surface area contributed by atoms with Crippen molar-refractivity contribution >= 4 is 5.97 Å². The zero-order chi connectivity index (χ0) is 13.8. The number of likely N-dealkylation sites (tertiary alicyclic amines) is 1. The molecule has 1 rings (SSSR count). The van der Waals surface area contributed by atoms with Gasteiger partial charge < -0.3 is 9.64 Å². The average Bonchev–Trinajstić information content (AvgIpc) is 2.38. The monoisotopic (exact) mass is 256 g/mol. The van der Waals surface area contributed by atoms with E-state index in [1.165, 1.54) is 7.11 Å². The van der Waals surface area contributed by atoms with Gasteiger partial charge in [0.1, 0.15) is 5.54 Å². The maximum Gasteiger partial charge on any atom is 0.326 e. The molecule has 0 bridgehead atoms. The summed E-state index contributed by atoms with van der Waals surface area (Å²) in [6, 6.07) is 0.888. The highest BCUT2D eigenvalue weighted by Gasteiger charge is 2.43. The number of piperidine rings is 1. The van der Waals surface area contributed by atoms with Crippen molar-refractivity contribution in [3.8, 4) is 0 Å². The van der Waals surface area contributed by atoms with Gasteiger partial charge in [0.15, 0.2) is 0 Å². The van der Waals surface area contributed by atoms with E-state index in [2.05, 4.69) is 37.9 Å². The molecule has 1 saturated heterocycles. The Morgan fingerprint density at radius 1 is 1.33 bits per heavy atom. The Morgan fingerprint density at radius 2 is 1.89 bits per heavy atom. The van der Waals surface area contributed by atoms with Crippen molar-refractivity contribution < 1.29 is 9.53 Å². The third-order valence-corrected chi connectivity index (χ3v) is 4.09. The lowest BCUT2D eigenvalue weighted by Crippen LogP contribution is -2.61. The van der Waals surface area contributed by atoms with Gasteiger partial charge in [0.2, 0.25) is 0 Å². The number of nitrogens with one attached hydrogen (secondary N) is 1. The number of carbonyl (C=O) groups is 1. The van der Waals surface area contributed by atoms with Gasteiger partial charge in [-0.2, -0.15) is 0 Å². The van der Waals surface area contributed by atoms with Crippen LogP contribution in [-0.4, -0.2) is 48.7 Å². The molecule has 0 aromatic heterocycles. The van der Waals surface area contributed by atoms with Gasteiger partial charge in [-0.1, -0.05) is 6.92 Å². The van der Waals surface area contributed by atoms with E-state index in [4.69, 9.17) is 4.74 Å². The van der Waals surface area contributed by atoms with Crippen LogP contribution in [0, 0.1) is 0 Å². The quantitative estimate of drug-likeness (QED) is 0.762. The molecule has 0 radical (unpaired) electrons. The van der Waals surface area contributed by atoms with Crippen molar-refractivity contribution in [3.63, 3.8) is 0 Å². The maximum absolute atomic E-state index is 12.1. The van der Waals surface area contributed by atoms with Crippen molar-refractivity contribution in [2.24, 2.45) is 0 Å². The molecule has 4 nitrogen and oxygen atoms in total. The van der Waals surface area contributed by atoms with E-state index < -0.39 is 5.54 Å². The summed E-state index contributed by atoms with van der Waals surface area (Å²) < 4.78 is 5.01. The number of ether oxygens (including phenoxy) is 1. The van der Waals surface area contributed by atoms with E-state index in [9.17, 15) is 4.79 Å². The fourth-order valence-corrected chi connectivity index (χ4v) is 2.60. The molecule has 0 aliphatic carbocycles. The van der Waals surface area contributed by atoms with Gasteiger partial charge in [0.05, 0.1) is 7.11 Å². The highest BCUT2D eigenvalue weighted by Crippen LogP contribution is 2.26. The average molecular weight is 256 g/mol. The Labute approximate surface area is 111 Å². The third-order valence-electron chi connectivity index (χ3n) is 4.09. The molecule has 1 N–H and O–H groups in total. The van der Waals surface area contributed by atoms with E-state index in [1.54, 1.807) is 0 Å². The summed E-state index contributed by atoms with van der Waals surface area (Å²) in [4.78, 5) is 14.5. The van der Waals surface area contributed by atoms with E-state index in [0.29, 0.717) is 12.1 Å². The molecule has 0 amide bonds. The van der Waals surface area contributed by atoms with Crippen molar-refractivity contribution in [3.05, 3.63) is 0 Å². The number of rotatable bonds is 5. The predicted molar refractivity (Wildman–Crippen MR) is 73.6 cm³/mol. The summed E-state index contributed by atoms with van der Waals surface area (Å²) in [7, 11) is 1.48. The second kappa shape index (κ2) is 6.53. The van der Waals surface area contributed by atoms with Crippen molar-refractivity contribution in [1.82, 2.24) is 10.2 Å². The maximum atomic E-state index is 12.1. The molecule has 1 fully saturated rings. The van der Waals surface area contributed by atoms with Crippen LogP contribution in [0.15, 0.2) is 0 Å². The summed E-state index contributed by atoms with van der Waals surface area (Å²) in [5.74, 6) is -0.105. The van der Waals surface area contributed by atoms with Crippen LogP contribution < -0.4 is 5.32 Å². The first-order chi connectivity index (χ1) is 8.45. The topological polar surface area (TPSA) is 41.6 Å². The van der Waals surface area contributed by atoms with Gasteiger partial charge in [0, 0.05) is 25.2 Å². The number of nitrogens with zero attached hydrogens (tertiary/aromatic N) is 1. The summed E-state index contributed by atoms with van der Waals surface area (Å²) in [6.45, 7) is 10.6. The molecule has 1 unspecified atom stereocenters. The van der Waals surface area contributed by atoms with Gasteiger partial charge in [-0.25, -0.2) is 0 Å². The molecule has 0 spiro atoms. The van der Waals surface area contributed by atoms with E-state index in [1.807, 2.05) is 0 Å². The van der Waals surface area contributed by atoms with Crippen LogP contribution in [0.3, 0.4) is 0 Å². The van der Waals surface area contributed by atoms with Crippen molar-refractivity contribution in [2.45, 2.75) is 64.6 Å². The first kappa shape index (κ1) is 15.4. The van der Waals surface area contributed by atoms with Crippen LogP contribution in [0.1, 0.15) is 47.0 Å².